The highest BCUT2D eigenvalue weighted by Gasteiger charge is 2.33. The van der Waals surface area contributed by atoms with Crippen LogP contribution in [-0.4, -0.2) is 10.2 Å². The first-order chi connectivity index (χ1) is 12.6. The van der Waals surface area contributed by atoms with Gasteiger partial charge in [0.1, 0.15) is 17.3 Å². The maximum Gasteiger partial charge on any atom is 0.270 e. The zero-order valence-electron chi connectivity index (χ0n) is 13.4. The number of thioether (sulfide) groups is 1. The van der Waals surface area contributed by atoms with Crippen LogP contribution in [-0.2, 0) is 4.79 Å². The number of furan rings is 1. The average molecular weight is 381 g/mol. The topological polar surface area (TPSA) is 33.5 Å². The van der Waals surface area contributed by atoms with Crippen LogP contribution in [0.4, 0.5) is 10.1 Å². The standard InChI is InChI=1S/C20H12FNO2S2/c21-14-8-6-13(7-9-14)17-11-10-16(24-17)12-18-19(23)22(20(25)26-18)15-4-2-1-3-5-15/h1-12H/b18-12+. The van der Waals surface area contributed by atoms with Crippen LogP contribution in [0, 0.1) is 5.82 Å². The molecule has 6 heteroatoms. The molecule has 128 valence electrons. The first kappa shape index (κ1) is 16.8. The van der Waals surface area contributed by atoms with Gasteiger partial charge in [-0.2, -0.15) is 0 Å². The quantitative estimate of drug-likeness (QED) is 0.444. The van der Waals surface area contributed by atoms with E-state index in [2.05, 4.69) is 0 Å². The van der Waals surface area contributed by atoms with Crippen molar-refractivity contribution in [2.24, 2.45) is 0 Å². The molecular weight excluding hydrogens is 369 g/mol. The van der Waals surface area contributed by atoms with Gasteiger partial charge in [-0.15, -0.1) is 0 Å². The smallest absolute Gasteiger partial charge is 0.270 e. The maximum atomic E-state index is 13.0. The van der Waals surface area contributed by atoms with Gasteiger partial charge in [0, 0.05) is 11.6 Å². The lowest BCUT2D eigenvalue weighted by molar-refractivity contribution is -0.113. The van der Waals surface area contributed by atoms with Gasteiger partial charge in [0.2, 0.25) is 0 Å². The van der Waals surface area contributed by atoms with Crippen LogP contribution < -0.4 is 4.90 Å². The molecule has 2 heterocycles. The van der Waals surface area contributed by atoms with Crippen LogP contribution in [0.25, 0.3) is 17.4 Å². The van der Waals surface area contributed by atoms with Gasteiger partial charge < -0.3 is 4.42 Å². The van der Waals surface area contributed by atoms with E-state index in [0.29, 0.717) is 20.7 Å². The molecule has 1 aliphatic rings. The molecule has 1 aliphatic heterocycles. The summed E-state index contributed by atoms with van der Waals surface area (Å²) in [7, 11) is 0. The number of amides is 1. The van der Waals surface area contributed by atoms with Crippen molar-refractivity contribution >= 4 is 46.0 Å². The highest BCUT2D eigenvalue weighted by Crippen LogP contribution is 2.36. The SMILES string of the molecule is O=C1/C(=C\c2ccc(-c3ccc(F)cc3)o2)SC(=S)N1c1ccccc1. The van der Waals surface area contributed by atoms with Gasteiger partial charge in [-0.25, -0.2) is 4.39 Å². The molecule has 1 saturated heterocycles. The molecule has 26 heavy (non-hydrogen) atoms. The summed E-state index contributed by atoms with van der Waals surface area (Å²) in [6, 6.07) is 18.9. The lowest BCUT2D eigenvalue weighted by Gasteiger charge is -2.13. The Balaban J connectivity index is 1.60. The minimum Gasteiger partial charge on any atom is -0.457 e. The van der Waals surface area contributed by atoms with Crippen LogP contribution in [0.5, 0.6) is 0 Å². The molecule has 0 saturated carbocycles. The molecule has 4 rings (SSSR count). The zero-order chi connectivity index (χ0) is 18.1. The molecule has 3 nitrogen and oxygen atoms in total. The van der Waals surface area contributed by atoms with E-state index in [4.69, 9.17) is 16.6 Å². The van der Waals surface area contributed by atoms with Gasteiger partial charge >= 0.3 is 0 Å². The number of hydrogen-bond acceptors (Lipinski definition) is 4. The van der Waals surface area contributed by atoms with Crippen molar-refractivity contribution in [3.63, 3.8) is 0 Å². The third kappa shape index (κ3) is 3.21. The number of rotatable bonds is 3. The van der Waals surface area contributed by atoms with E-state index in [9.17, 15) is 9.18 Å². The largest absolute Gasteiger partial charge is 0.457 e. The van der Waals surface area contributed by atoms with Crippen molar-refractivity contribution in [3.8, 4) is 11.3 Å². The highest BCUT2D eigenvalue weighted by atomic mass is 32.2. The van der Waals surface area contributed by atoms with Gasteiger partial charge in [-0.3, -0.25) is 9.69 Å². The summed E-state index contributed by atoms with van der Waals surface area (Å²) in [6.45, 7) is 0. The Hall–Kier alpha value is -2.70. The van der Waals surface area contributed by atoms with E-state index in [1.165, 1.54) is 28.8 Å². The summed E-state index contributed by atoms with van der Waals surface area (Å²) in [6.07, 6.45) is 1.68. The fourth-order valence-corrected chi connectivity index (χ4v) is 3.88. The van der Waals surface area contributed by atoms with Gasteiger partial charge in [0.25, 0.3) is 5.91 Å². The fraction of sp³-hybridized carbons (Fsp3) is 0. The Kier molecular flexibility index (Phi) is 4.44. The van der Waals surface area contributed by atoms with Crippen LogP contribution in [0.15, 0.2) is 76.1 Å². The van der Waals surface area contributed by atoms with Crippen molar-refractivity contribution < 1.29 is 13.6 Å². The van der Waals surface area contributed by atoms with E-state index < -0.39 is 0 Å². The normalized spacial score (nSPS) is 15.9. The summed E-state index contributed by atoms with van der Waals surface area (Å²) in [5.41, 5.74) is 1.51. The van der Waals surface area contributed by atoms with Gasteiger partial charge in [-0.05, 0) is 48.5 Å². The number of hydrogen-bond donors (Lipinski definition) is 0. The van der Waals surface area contributed by atoms with Crippen LogP contribution >= 0.6 is 24.0 Å². The second-order valence-electron chi connectivity index (χ2n) is 5.56. The number of anilines is 1. The third-order valence-electron chi connectivity index (χ3n) is 3.84. The van der Waals surface area contributed by atoms with Crippen molar-refractivity contribution in [2.45, 2.75) is 0 Å². The van der Waals surface area contributed by atoms with Gasteiger partial charge in [-0.1, -0.05) is 42.2 Å². The molecule has 0 bridgehead atoms. The Labute approximate surface area is 159 Å². The molecule has 0 aliphatic carbocycles. The first-order valence-electron chi connectivity index (χ1n) is 7.80. The van der Waals surface area contributed by atoms with E-state index in [1.807, 2.05) is 30.3 Å². The minimum absolute atomic E-state index is 0.175. The summed E-state index contributed by atoms with van der Waals surface area (Å²) in [4.78, 5) is 14.7. The summed E-state index contributed by atoms with van der Waals surface area (Å²) >= 11 is 6.59. The third-order valence-corrected chi connectivity index (χ3v) is 5.14. The highest BCUT2D eigenvalue weighted by molar-refractivity contribution is 8.27. The Morgan fingerprint density at radius 1 is 1.00 bits per heavy atom. The second kappa shape index (κ2) is 6.90. The predicted octanol–water partition coefficient (Wildman–Crippen LogP) is 5.49. The number of para-hydroxylation sites is 1. The Morgan fingerprint density at radius 3 is 2.46 bits per heavy atom. The van der Waals surface area contributed by atoms with E-state index >= 15 is 0 Å². The average Bonchev–Trinajstić information content (AvgIpc) is 3.21. The van der Waals surface area contributed by atoms with Crippen molar-refractivity contribution in [1.29, 1.82) is 0 Å². The molecule has 0 radical (unpaired) electrons. The van der Waals surface area contributed by atoms with E-state index in [1.54, 1.807) is 30.3 Å². The number of halogens is 1. The molecule has 0 spiro atoms. The molecule has 1 amide bonds. The van der Waals surface area contributed by atoms with Gasteiger partial charge in [0.05, 0.1) is 10.6 Å². The molecule has 1 aromatic heterocycles. The van der Waals surface area contributed by atoms with Crippen LogP contribution in [0.3, 0.4) is 0 Å². The fourth-order valence-electron chi connectivity index (χ4n) is 2.60. The number of carbonyl (C=O) groups is 1. The molecule has 0 atom stereocenters. The van der Waals surface area contributed by atoms with Gasteiger partial charge in [0.15, 0.2) is 4.32 Å². The molecule has 3 aromatic rings. The van der Waals surface area contributed by atoms with Crippen molar-refractivity contribution in [2.75, 3.05) is 4.90 Å². The molecule has 0 unspecified atom stereocenters. The zero-order valence-corrected chi connectivity index (χ0v) is 15.0. The number of benzene rings is 2. The second-order valence-corrected chi connectivity index (χ2v) is 7.24. The minimum atomic E-state index is -0.301. The van der Waals surface area contributed by atoms with Crippen LogP contribution in [0.2, 0.25) is 0 Å². The van der Waals surface area contributed by atoms with E-state index in [0.717, 1.165) is 11.3 Å². The summed E-state index contributed by atoms with van der Waals surface area (Å²) in [5.74, 6) is 0.670. The lowest BCUT2D eigenvalue weighted by Crippen LogP contribution is -2.27. The Morgan fingerprint density at radius 2 is 1.73 bits per heavy atom. The molecule has 2 aromatic carbocycles. The molecular formula is C20H12FNO2S2. The summed E-state index contributed by atoms with van der Waals surface area (Å²) in [5, 5.41) is 0. The van der Waals surface area contributed by atoms with Crippen LogP contribution in [0.1, 0.15) is 5.76 Å². The monoisotopic (exact) mass is 381 g/mol. The molecule has 0 N–H and O–H groups in total. The number of thiocarbonyl (C=S) groups is 1. The molecule has 1 fully saturated rings. The summed E-state index contributed by atoms with van der Waals surface area (Å²) < 4.78 is 19.3. The van der Waals surface area contributed by atoms with Crippen molar-refractivity contribution in [3.05, 3.63) is 83.2 Å². The lowest BCUT2D eigenvalue weighted by atomic mass is 10.2. The first-order valence-corrected chi connectivity index (χ1v) is 9.03. The predicted molar refractivity (Wildman–Crippen MR) is 106 cm³/mol. The number of nitrogens with zero attached hydrogens (tertiary/aromatic N) is 1. The van der Waals surface area contributed by atoms with Crippen molar-refractivity contribution in [1.82, 2.24) is 0 Å². The Bertz CT molecular complexity index is 1010. The van der Waals surface area contributed by atoms with E-state index in [-0.39, 0.29) is 11.7 Å². The maximum absolute atomic E-state index is 13.0. The number of carbonyl (C=O) groups excluding carboxylic acids is 1.